The number of pyridine rings is 1. The highest BCUT2D eigenvalue weighted by molar-refractivity contribution is 8.00. The van der Waals surface area contributed by atoms with Crippen molar-refractivity contribution >= 4 is 23.6 Å². The van der Waals surface area contributed by atoms with Crippen molar-refractivity contribution in [1.82, 2.24) is 9.88 Å². The van der Waals surface area contributed by atoms with E-state index in [2.05, 4.69) is 5.32 Å². The molecule has 1 rings (SSSR count). The number of aryl methyl sites for hydroxylation is 1. The molecule has 0 aliphatic rings. The maximum Gasteiger partial charge on any atom is 0.313 e. The van der Waals surface area contributed by atoms with Crippen molar-refractivity contribution in [2.45, 2.75) is 13.5 Å². The van der Waals surface area contributed by atoms with Gasteiger partial charge in [-0.3, -0.25) is 14.4 Å². The van der Waals surface area contributed by atoms with Crippen LogP contribution in [0.25, 0.3) is 0 Å². The molecule has 0 saturated heterocycles. The van der Waals surface area contributed by atoms with E-state index in [0.717, 1.165) is 17.5 Å². The first kappa shape index (κ1) is 15.3. The molecule has 0 saturated carbocycles. The van der Waals surface area contributed by atoms with E-state index in [4.69, 9.17) is 5.11 Å². The van der Waals surface area contributed by atoms with Crippen LogP contribution < -0.4 is 10.9 Å². The van der Waals surface area contributed by atoms with Crippen LogP contribution in [0.2, 0.25) is 0 Å². The number of carbonyl (C=O) groups is 2. The number of rotatable bonds is 7. The maximum atomic E-state index is 11.5. The van der Waals surface area contributed by atoms with Crippen LogP contribution in [0.5, 0.6) is 0 Å². The van der Waals surface area contributed by atoms with Crippen LogP contribution in [0, 0.1) is 6.92 Å². The number of carboxylic acids is 1. The van der Waals surface area contributed by atoms with Crippen molar-refractivity contribution in [1.29, 1.82) is 0 Å². The van der Waals surface area contributed by atoms with Gasteiger partial charge in [0, 0.05) is 24.8 Å². The van der Waals surface area contributed by atoms with Crippen molar-refractivity contribution in [2.24, 2.45) is 0 Å². The molecule has 0 atom stereocenters. The molecular formula is C12H16N2O4S. The van der Waals surface area contributed by atoms with E-state index in [1.807, 2.05) is 13.0 Å². The van der Waals surface area contributed by atoms with Crippen molar-refractivity contribution in [3.8, 4) is 0 Å². The molecule has 0 unspecified atom stereocenters. The first-order chi connectivity index (χ1) is 9.00. The molecule has 0 aliphatic heterocycles. The third kappa shape index (κ3) is 5.60. The molecule has 19 heavy (non-hydrogen) atoms. The summed E-state index contributed by atoms with van der Waals surface area (Å²) in [4.78, 5) is 33.2. The molecule has 0 aliphatic carbocycles. The monoisotopic (exact) mass is 284 g/mol. The lowest BCUT2D eigenvalue weighted by atomic mass is 10.3. The zero-order valence-electron chi connectivity index (χ0n) is 10.6. The summed E-state index contributed by atoms with van der Waals surface area (Å²) in [5.41, 5.74) is 0.733. The normalized spacial score (nSPS) is 10.2. The second kappa shape index (κ2) is 7.63. The Morgan fingerprint density at radius 2 is 2.11 bits per heavy atom. The largest absolute Gasteiger partial charge is 0.481 e. The van der Waals surface area contributed by atoms with Crippen LogP contribution in [-0.2, 0) is 16.1 Å². The fourth-order valence-electron chi connectivity index (χ4n) is 1.50. The Hall–Kier alpha value is -1.76. The predicted molar refractivity (Wildman–Crippen MR) is 73.4 cm³/mol. The van der Waals surface area contributed by atoms with E-state index >= 15 is 0 Å². The Labute approximate surface area is 114 Å². The zero-order valence-corrected chi connectivity index (χ0v) is 11.4. The second-order valence-electron chi connectivity index (χ2n) is 3.89. The number of thioether (sulfide) groups is 1. The van der Waals surface area contributed by atoms with E-state index in [0.29, 0.717) is 13.1 Å². The molecule has 1 amide bonds. The van der Waals surface area contributed by atoms with Gasteiger partial charge in [-0.25, -0.2) is 0 Å². The summed E-state index contributed by atoms with van der Waals surface area (Å²) < 4.78 is 1.57. The van der Waals surface area contributed by atoms with Crippen molar-refractivity contribution in [2.75, 3.05) is 18.1 Å². The lowest BCUT2D eigenvalue weighted by Crippen LogP contribution is -2.32. The molecule has 6 nitrogen and oxygen atoms in total. The van der Waals surface area contributed by atoms with Gasteiger partial charge in [0.25, 0.3) is 5.56 Å². The average molecular weight is 284 g/mol. The minimum Gasteiger partial charge on any atom is -0.481 e. The molecule has 2 N–H and O–H groups in total. The lowest BCUT2D eigenvalue weighted by molar-refractivity contribution is -0.133. The number of aliphatic carboxylic acids is 1. The summed E-state index contributed by atoms with van der Waals surface area (Å²) in [6, 6.07) is 4.98. The number of nitrogens with one attached hydrogen (secondary N) is 1. The van der Waals surface area contributed by atoms with Gasteiger partial charge in [0.05, 0.1) is 11.5 Å². The van der Waals surface area contributed by atoms with Gasteiger partial charge in [-0.15, -0.1) is 11.8 Å². The third-order valence-corrected chi connectivity index (χ3v) is 3.30. The number of hydrogen-bond acceptors (Lipinski definition) is 4. The van der Waals surface area contributed by atoms with E-state index in [9.17, 15) is 14.4 Å². The first-order valence-corrected chi connectivity index (χ1v) is 6.89. The molecular weight excluding hydrogens is 268 g/mol. The van der Waals surface area contributed by atoms with Gasteiger partial charge < -0.3 is 15.0 Å². The fourth-order valence-corrected chi connectivity index (χ4v) is 2.06. The van der Waals surface area contributed by atoms with E-state index in [-0.39, 0.29) is 23.0 Å². The van der Waals surface area contributed by atoms with Crippen LogP contribution in [0.4, 0.5) is 0 Å². The van der Waals surface area contributed by atoms with Crippen molar-refractivity contribution in [3.63, 3.8) is 0 Å². The molecule has 7 heteroatoms. The molecule has 1 heterocycles. The summed E-state index contributed by atoms with van der Waals surface area (Å²) >= 11 is 1.04. The number of aromatic nitrogens is 1. The maximum absolute atomic E-state index is 11.5. The smallest absolute Gasteiger partial charge is 0.313 e. The molecule has 0 fully saturated rings. The van der Waals surface area contributed by atoms with Gasteiger partial charge in [0.1, 0.15) is 0 Å². The molecule has 0 bridgehead atoms. The predicted octanol–water partition coefficient (Wildman–Crippen LogP) is 0.0907. The Bertz CT molecular complexity index is 513. The highest BCUT2D eigenvalue weighted by Gasteiger charge is 2.04. The van der Waals surface area contributed by atoms with Crippen molar-refractivity contribution in [3.05, 3.63) is 34.2 Å². The van der Waals surface area contributed by atoms with Crippen LogP contribution in [0.1, 0.15) is 5.69 Å². The van der Waals surface area contributed by atoms with E-state index in [1.54, 1.807) is 10.6 Å². The quantitative estimate of drug-likeness (QED) is 0.741. The molecule has 1 aromatic heterocycles. The summed E-state index contributed by atoms with van der Waals surface area (Å²) in [5, 5.41) is 11.1. The molecule has 1 aromatic rings. The highest BCUT2D eigenvalue weighted by Crippen LogP contribution is 1.98. The topological polar surface area (TPSA) is 88.4 Å². The number of carbonyl (C=O) groups excluding carboxylic acids is 1. The van der Waals surface area contributed by atoms with Gasteiger partial charge in [0.2, 0.25) is 5.91 Å². The van der Waals surface area contributed by atoms with Gasteiger partial charge in [-0.1, -0.05) is 6.07 Å². The highest BCUT2D eigenvalue weighted by atomic mass is 32.2. The third-order valence-electron chi connectivity index (χ3n) is 2.38. The molecule has 0 radical (unpaired) electrons. The summed E-state index contributed by atoms with van der Waals surface area (Å²) in [5.74, 6) is -1.16. The molecule has 104 valence electrons. The summed E-state index contributed by atoms with van der Waals surface area (Å²) in [6.45, 7) is 2.57. The van der Waals surface area contributed by atoms with Crippen LogP contribution in [0.15, 0.2) is 23.0 Å². The number of carboxylic acid groups (broad SMARTS) is 1. The lowest BCUT2D eigenvalue weighted by Gasteiger charge is -2.10. The van der Waals surface area contributed by atoms with Gasteiger partial charge in [0.15, 0.2) is 0 Å². The number of nitrogens with zero attached hydrogens (tertiary/aromatic N) is 1. The number of amides is 1. The second-order valence-corrected chi connectivity index (χ2v) is 4.88. The van der Waals surface area contributed by atoms with Crippen LogP contribution in [0.3, 0.4) is 0 Å². The van der Waals surface area contributed by atoms with E-state index < -0.39 is 5.97 Å². The standard InChI is InChI=1S/C12H16N2O4S/c1-9-3-2-4-11(16)14(9)6-5-13-10(15)7-19-8-12(17)18/h2-4H,5-8H2,1H3,(H,13,15)(H,17,18). The van der Waals surface area contributed by atoms with Gasteiger partial charge in [-0.2, -0.15) is 0 Å². The van der Waals surface area contributed by atoms with Crippen LogP contribution >= 0.6 is 11.8 Å². The minimum atomic E-state index is -0.940. The summed E-state index contributed by atoms with van der Waals surface area (Å²) in [7, 11) is 0. The molecule has 0 aromatic carbocycles. The van der Waals surface area contributed by atoms with Crippen molar-refractivity contribution < 1.29 is 14.7 Å². The van der Waals surface area contributed by atoms with E-state index in [1.165, 1.54) is 6.07 Å². The fraction of sp³-hybridized carbons (Fsp3) is 0.417. The summed E-state index contributed by atoms with van der Waals surface area (Å²) in [6.07, 6.45) is 0. The van der Waals surface area contributed by atoms with Gasteiger partial charge in [-0.05, 0) is 13.0 Å². The Morgan fingerprint density at radius 1 is 1.37 bits per heavy atom. The first-order valence-electron chi connectivity index (χ1n) is 5.73. The number of hydrogen-bond donors (Lipinski definition) is 2. The molecule has 0 spiro atoms. The average Bonchev–Trinajstić information content (AvgIpc) is 2.32. The SMILES string of the molecule is Cc1cccc(=O)n1CCNC(=O)CSCC(=O)O. The Morgan fingerprint density at radius 3 is 2.74 bits per heavy atom. The van der Waals surface area contributed by atoms with Gasteiger partial charge >= 0.3 is 5.97 Å². The Kier molecular flexibility index (Phi) is 6.14. The minimum absolute atomic E-state index is 0.0926. The Balaban J connectivity index is 2.32. The van der Waals surface area contributed by atoms with Crippen LogP contribution in [-0.4, -0.2) is 39.6 Å². The zero-order chi connectivity index (χ0) is 14.3.